The van der Waals surface area contributed by atoms with E-state index in [-0.39, 0.29) is 0 Å². The van der Waals surface area contributed by atoms with E-state index in [1.807, 2.05) is 23.1 Å². The summed E-state index contributed by atoms with van der Waals surface area (Å²) in [5.41, 5.74) is 1.34. The van der Waals surface area contributed by atoms with Crippen LogP contribution in [0.5, 0.6) is 0 Å². The third-order valence-electron chi connectivity index (χ3n) is 2.10. The predicted octanol–water partition coefficient (Wildman–Crippen LogP) is 4.05. The lowest BCUT2D eigenvalue weighted by molar-refractivity contribution is 0.600. The van der Waals surface area contributed by atoms with E-state index in [0.717, 1.165) is 6.54 Å². The monoisotopic (exact) mass is 307 g/mol. The van der Waals surface area contributed by atoms with Crippen LogP contribution >= 0.6 is 39.0 Å². The first kappa shape index (κ1) is 13.6. The van der Waals surface area contributed by atoms with Gasteiger partial charge in [0.05, 0.1) is 3.79 Å². The third-order valence-corrected chi connectivity index (χ3v) is 5.39. The van der Waals surface area contributed by atoms with E-state index in [0.29, 0.717) is 6.04 Å². The van der Waals surface area contributed by atoms with Crippen molar-refractivity contribution in [2.45, 2.75) is 33.4 Å². The second-order valence-corrected chi connectivity index (χ2v) is 7.38. The van der Waals surface area contributed by atoms with Crippen LogP contribution in [0.4, 0.5) is 0 Å². The minimum Gasteiger partial charge on any atom is -0.309 e. The van der Waals surface area contributed by atoms with Crippen molar-refractivity contribution < 1.29 is 0 Å². The lowest BCUT2D eigenvalue weighted by Gasteiger charge is -2.11. The smallest absolute Gasteiger partial charge is 0.0730 e. The summed E-state index contributed by atoms with van der Waals surface area (Å²) in [5, 5.41) is 3.54. The van der Waals surface area contributed by atoms with Crippen molar-refractivity contribution in [1.82, 2.24) is 5.32 Å². The van der Waals surface area contributed by atoms with Crippen LogP contribution in [0.3, 0.4) is 0 Å². The highest BCUT2D eigenvalue weighted by Crippen LogP contribution is 2.27. The molecule has 15 heavy (non-hydrogen) atoms. The lowest BCUT2D eigenvalue weighted by atomic mass is 10.3. The van der Waals surface area contributed by atoms with Gasteiger partial charge in [0.2, 0.25) is 0 Å². The molecule has 0 amide bonds. The van der Waals surface area contributed by atoms with Gasteiger partial charge in [-0.05, 0) is 47.2 Å². The predicted molar refractivity (Wildman–Crippen MR) is 76.1 cm³/mol. The molecular weight excluding hydrogens is 290 g/mol. The standard InChI is InChI=1S/C11H18BrNS2/c1-4-14-7-9(3)13-6-10-5-8(2)11(12)15-10/h5,9,13H,4,6-7H2,1-3H3. The van der Waals surface area contributed by atoms with Crippen LogP contribution in [0.1, 0.15) is 24.3 Å². The number of thiophene rings is 1. The highest BCUT2D eigenvalue weighted by atomic mass is 79.9. The van der Waals surface area contributed by atoms with Gasteiger partial charge in [-0.1, -0.05) is 6.92 Å². The Kier molecular flexibility index (Phi) is 6.27. The zero-order valence-corrected chi connectivity index (χ0v) is 12.7. The number of rotatable bonds is 6. The summed E-state index contributed by atoms with van der Waals surface area (Å²) in [4.78, 5) is 1.41. The van der Waals surface area contributed by atoms with Gasteiger partial charge in [-0.2, -0.15) is 11.8 Å². The van der Waals surface area contributed by atoms with Crippen molar-refractivity contribution in [2.75, 3.05) is 11.5 Å². The van der Waals surface area contributed by atoms with E-state index in [4.69, 9.17) is 0 Å². The Morgan fingerprint density at radius 2 is 2.33 bits per heavy atom. The van der Waals surface area contributed by atoms with E-state index >= 15 is 0 Å². The van der Waals surface area contributed by atoms with Crippen molar-refractivity contribution in [3.8, 4) is 0 Å². The number of aryl methyl sites for hydroxylation is 1. The van der Waals surface area contributed by atoms with Crippen LogP contribution in [0.15, 0.2) is 9.85 Å². The second kappa shape index (κ2) is 6.94. The molecule has 0 saturated carbocycles. The molecule has 1 atom stereocenters. The average molecular weight is 308 g/mol. The Labute approximate surface area is 109 Å². The van der Waals surface area contributed by atoms with Crippen LogP contribution in [0.25, 0.3) is 0 Å². The van der Waals surface area contributed by atoms with Gasteiger partial charge in [-0.15, -0.1) is 11.3 Å². The van der Waals surface area contributed by atoms with Crippen LogP contribution in [-0.2, 0) is 6.54 Å². The Morgan fingerprint density at radius 1 is 1.60 bits per heavy atom. The summed E-state index contributed by atoms with van der Waals surface area (Å²) in [7, 11) is 0. The maximum absolute atomic E-state index is 3.55. The molecule has 0 fully saturated rings. The molecule has 1 nitrogen and oxygen atoms in total. The van der Waals surface area contributed by atoms with Crippen molar-refractivity contribution in [1.29, 1.82) is 0 Å². The summed E-state index contributed by atoms with van der Waals surface area (Å²) < 4.78 is 1.26. The van der Waals surface area contributed by atoms with E-state index < -0.39 is 0 Å². The molecule has 0 aliphatic carbocycles. The molecule has 1 N–H and O–H groups in total. The fourth-order valence-corrected chi connectivity index (χ4v) is 3.53. The molecule has 0 bridgehead atoms. The normalized spacial score (nSPS) is 13.1. The van der Waals surface area contributed by atoms with Crippen LogP contribution in [-0.4, -0.2) is 17.5 Å². The van der Waals surface area contributed by atoms with Gasteiger partial charge < -0.3 is 5.32 Å². The fourth-order valence-electron chi connectivity index (χ4n) is 1.24. The molecule has 0 saturated heterocycles. The van der Waals surface area contributed by atoms with Gasteiger partial charge >= 0.3 is 0 Å². The summed E-state index contributed by atoms with van der Waals surface area (Å²) in [6, 6.07) is 2.85. The van der Waals surface area contributed by atoms with E-state index in [9.17, 15) is 0 Å². The van der Waals surface area contributed by atoms with Gasteiger partial charge in [0.25, 0.3) is 0 Å². The zero-order chi connectivity index (χ0) is 11.3. The first-order valence-corrected chi connectivity index (χ1v) is 7.95. The summed E-state index contributed by atoms with van der Waals surface area (Å²) in [6.45, 7) is 7.58. The molecule has 86 valence electrons. The van der Waals surface area contributed by atoms with Gasteiger partial charge in [-0.25, -0.2) is 0 Å². The van der Waals surface area contributed by atoms with Gasteiger partial charge in [0.15, 0.2) is 0 Å². The second-order valence-electron chi connectivity index (χ2n) is 3.61. The molecular formula is C11H18BrNS2. The van der Waals surface area contributed by atoms with Crippen molar-refractivity contribution in [2.24, 2.45) is 0 Å². The molecule has 1 unspecified atom stereocenters. The van der Waals surface area contributed by atoms with Crippen molar-refractivity contribution in [3.63, 3.8) is 0 Å². The zero-order valence-electron chi connectivity index (χ0n) is 9.47. The highest BCUT2D eigenvalue weighted by molar-refractivity contribution is 9.11. The molecule has 1 heterocycles. The van der Waals surface area contributed by atoms with Crippen LogP contribution in [0, 0.1) is 6.92 Å². The number of hydrogen-bond acceptors (Lipinski definition) is 3. The number of halogens is 1. The topological polar surface area (TPSA) is 12.0 Å². The summed E-state index contributed by atoms with van der Waals surface area (Å²) in [6.07, 6.45) is 0. The first-order chi connectivity index (χ1) is 7.13. The number of hydrogen-bond donors (Lipinski definition) is 1. The Hall–Kier alpha value is 0.490. The molecule has 1 aromatic rings. The number of nitrogens with one attached hydrogen (secondary N) is 1. The Morgan fingerprint density at radius 3 is 2.87 bits per heavy atom. The molecule has 0 aliphatic heterocycles. The van der Waals surface area contributed by atoms with Crippen molar-refractivity contribution >= 4 is 39.0 Å². The quantitative estimate of drug-likeness (QED) is 0.851. The molecule has 1 rings (SSSR count). The van der Waals surface area contributed by atoms with Gasteiger partial charge in [0.1, 0.15) is 0 Å². The SMILES string of the molecule is CCSCC(C)NCc1cc(C)c(Br)s1. The minimum atomic E-state index is 0.594. The maximum Gasteiger partial charge on any atom is 0.0730 e. The maximum atomic E-state index is 3.55. The van der Waals surface area contributed by atoms with Gasteiger partial charge in [0, 0.05) is 23.2 Å². The first-order valence-electron chi connectivity index (χ1n) is 5.19. The molecule has 0 radical (unpaired) electrons. The van der Waals surface area contributed by atoms with Crippen LogP contribution in [0.2, 0.25) is 0 Å². The Balaban J connectivity index is 2.30. The average Bonchev–Trinajstić information content (AvgIpc) is 2.52. The largest absolute Gasteiger partial charge is 0.309 e. The molecule has 4 heteroatoms. The lowest BCUT2D eigenvalue weighted by Crippen LogP contribution is -2.27. The molecule has 0 spiro atoms. The Bertz CT molecular complexity index is 279. The van der Waals surface area contributed by atoms with E-state index in [1.54, 1.807) is 0 Å². The van der Waals surface area contributed by atoms with E-state index in [1.165, 1.54) is 25.7 Å². The fraction of sp³-hybridized carbons (Fsp3) is 0.636. The van der Waals surface area contributed by atoms with Crippen molar-refractivity contribution in [3.05, 3.63) is 20.3 Å². The van der Waals surface area contributed by atoms with E-state index in [2.05, 4.69) is 48.1 Å². The van der Waals surface area contributed by atoms with Crippen LogP contribution < -0.4 is 5.32 Å². The molecule has 0 aliphatic rings. The van der Waals surface area contributed by atoms with Gasteiger partial charge in [-0.3, -0.25) is 0 Å². The number of thioether (sulfide) groups is 1. The molecule has 0 aromatic carbocycles. The summed E-state index contributed by atoms with van der Waals surface area (Å²) >= 11 is 7.37. The molecule has 1 aromatic heterocycles. The summed E-state index contributed by atoms with van der Waals surface area (Å²) in [5.74, 6) is 2.40. The minimum absolute atomic E-state index is 0.594. The highest BCUT2D eigenvalue weighted by Gasteiger charge is 2.05. The third kappa shape index (κ3) is 4.89.